The average Bonchev–Trinajstić information content (AvgIpc) is 3.39. The third kappa shape index (κ3) is 3.62. The second-order valence-corrected chi connectivity index (χ2v) is 9.17. The number of fused-ring (bicyclic) bond motifs is 3. The standard InChI is InChI=1S/C24H23F3N4O3/c1-12(16-4-2-14(26)11-18(16)27)28-21(32)20(24-8-6-15(30-24)7-9-24)31-22(33)17-10-13(25)3-5-19(17)29-23(31)34/h2-5,10-12,15,20,30H,6-9H2,1H3,(H,28,32)(H,29,34)/t12-,15?,20+,24?/m0/s1. The first-order chi connectivity index (χ1) is 16.2. The van der Waals surface area contributed by atoms with Gasteiger partial charge in [0, 0.05) is 23.2 Å². The topological polar surface area (TPSA) is 96.0 Å². The molecule has 0 saturated carbocycles. The quantitative estimate of drug-likeness (QED) is 0.532. The molecule has 1 aromatic heterocycles. The van der Waals surface area contributed by atoms with Crippen LogP contribution in [0, 0.1) is 17.5 Å². The third-order valence-electron chi connectivity index (χ3n) is 7.08. The van der Waals surface area contributed by atoms with Crippen LogP contribution in [0.25, 0.3) is 10.9 Å². The van der Waals surface area contributed by atoms with Crippen molar-refractivity contribution in [2.45, 2.75) is 56.3 Å². The summed E-state index contributed by atoms with van der Waals surface area (Å²) in [5.74, 6) is -2.87. The molecule has 2 aromatic carbocycles. The number of hydrogen-bond donors (Lipinski definition) is 3. The average molecular weight is 472 g/mol. The smallest absolute Gasteiger partial charge is 0.329 e. The van der Waals surface area contributed by atoms with Gasteiger partial charge in [0.25, 0.3) is 5.56 Å². The number of H-pyrrole nitrogens is 1. The highest BCUT2D eigenvalue weighted by atomic mass is 19.1. The zero-order valence-electron chi connectivity index (χ0n) is 18.3. The molecule has 2 aliphatic rings. The lowest BCUT2D eigenvalue weighted by atomic mass is 9.81. The van der Waals surface area contributed by atoms with Crippen LogP contribution in [0.2, 0.25) is 0 Å². The van der Waals surface area contributed by atoms with Gasteiger partial charge in [-0.1, -0.05) is 6.07 Å². The molecule has 0 spiro atoms. The van der Waals surface area contributed by atoms with E-state index >= 15 is 0 Å². The largest absolute Gasteiger partial charge is 0.348 e. The van der Waals surface area contributed by atoms with E-state index in [0.717, 1.165) is 41.7 Å². The van der Waals surface area contributed by atoms with Crippen molar-refractivity contribution in [2.75, 3.05) is 0 Å². The van der Waals surface area contributed by atoms with E-state index in [2.05, 4.69) is 15.6 Å². The Morgan fingerprint density at radius 1 is 1.09 bits per heavy atom. The van der Waals surface area contributed by atoms with Crippen molar-refractivity contribution in [3.8, 4) is 0 Å². The van der Waals surface area contributed by atoms with Crippen LogP contribution in [0.3, 0.4) is 0 Å². The molecule has 0 radical (unpaired) electrons. The molecule has 3 N–H and O–H groups in total. The summed E-state index contributed by atoms with van der Waals surface area (Å²) in [6.07, 6.45) is 2.67. The predicted molar refractivity (Wildman–Crippen MR) is 119 cm³/mol. The van der Waals surface area contributed by atoms with Crippen LogP contribution in [0.5, 0.6) is 0 Å². The van der Waals surface area contributed by atoms with Gasteiger partial charge in [-0.05, 0) is 56.9 Å². The van der Waals surface area contributed by atoms with Crippen molar-refractivity contribution >= 4 is 16.8 Å². The van der Waals surface area contributed by atoms with E-state index in [1.807, 2.05) is 0 Å². The number of aromatic amines is 1. The summed E-state index contributed by atoms with van der Waals surface area (Å²) in [6.45, 7) is 1.53. The Labute approximate surface area is 192 Å². The van der Waals surface area contributed by atoms with Gasteiger partial charge < -0.3 is 15.6 Å². The van der Waals surface area contributed by atoms with Crippen LogP contribution < -0.4 is 21.9 Å². The van der Waals surface area contributed by atoms with E-state index in [1.54, 1.807) is 0 Å². The maximum atomic E-state index is 14.3. The molecule has 2 saturated heterocycles. The molecule has 2 atom stereocenters. The number of halogens is 3. The number of rotatable bonds is 5. The zero-order valence-corrected chi connectivity index (χ0v) is 18.3. The van der Waals surface area contributed by atoms with Crippen LogP contribution >= 0.6 is 0 Å². The van der Waals surface area contributed by atoms with Crippen LogP contribution in [-0.2, 0) is 4.79 Å². The van der Waals surface area contributed by atoms with Crippen molar-refractivity contribution in [3.05, 3.63) is 80.3 Å². The lowest BCUT2D eigenvalue weighted by molar-refractivity contribution is -0.127. The molecule has 3 heterocycles. The SMILES string of the molecule is C[C@H](NC(=O)[C@@H](n1c(=O)[nH]c2ccc(F)cc2c1=O)C12CCC(CC1)N2)c1ccc(F)cc1F. The van der Waals surface area contributed by atoms with Gasteiger partial charge in [-0.15, -0.1) is 0 Å². The van der Waals surface area contributed by atoms with E-state index in [0.29, 0.717) is 12.8 Å². The first kappa shape index (κ1) is 22.4. The summed E-state index contributed by atoms with van der Waals surface area (Å²) < 4.78 is 42.4. The van der Waals surface area contributed by atoms with Gasteiger partial charge >= 0.3 is 5.69 Å². The molecule has 2 bridgehead atoms. The number of carbonyl (C=O) groups excluding carboxylic acids is 1. The molecule has 7 nitrogen and oxygen atoms in total. The number of hydrogen-bond acceptors (Lipinski definition) is 4. The lowest BCUT2D eigenvalue weighted by Crippen LogP contribution is -2.57. The van der Waals surface area contributed by atoms with Gasteiger partial charge in [-0.3, -0.25) is 9.59 Å². The van der Waals surface area contributed by atoms with Crippen LogP contribution in [0.15, 0.2) is 46.0 Å². The normalized spacial score (nSPS) is 23.2. The summed E-state index contributed by atoms with van der Waals surface area (Å²) in [6, 6.07) is 4.54. The maximum absolute atomic E-state index is 14.3. The number of nitrogens with zero attached hydrogens (tertiary/aromatic N) is 1. The Morgan fingerprint density at radius 2 is 1.76 bits per heavy atom. The van der Waals surface area contributed by atoms with Gasteiger partial charge in [0.05, 0.1) is 16.9 Å². The fourth-order valence-corrected chi connectivity index (χ4v) is 5.45. The van der Waals surface area contributed by atoms with E-state index in [9.17, 15) is 27.6 Å². The van der Waals surface area contributed by atoms with Gasteiger partial charge in [0.1, 0.15) is 23.5 Å². The molecule has 10 heteroatoms. The second-order valence-electron chi connectivity index (χ2n) is 9.17. The fourth-order valence-electron chi connectivity index (χ4n) is 5.45. The Hall–Kier alpha value is -3.40. The van der Waals surface area contributed by atoms with Crippen LogP contribution in [0.4, 0.5) is 13.2 Å². The van der Waals surface area contributed by atoms with Gasteiger partial charge in [-0.25, -0.2) is 22.5 Å². The van der Waals surface area contributed by atoms with Crippen LogP contribution in [0.1, 0.15) is 50.3 Å². The number of benzene rings is 2. The third-order valence-corrected chi connectivity index (χ3v) is 7.08. The van der Waals surface area contributed by atoms with Crippen molar-refractivity contribution in [1.29, 1.82) is 0 Å². The molecule has 5 rings (SSSR count). The molecule has 0 aliphatic carbocycles. The highest BCUT2D eigenvalue weighted by Gasteiger charge is 2.53. The van der Waals surface area contributed by atoms with Crippen molar-refractivity contribution in [1.82, 2.24) is 20.2 Å². The molecule has 178 valence electrons. The molecular weight excluding hydrogens is 449 g/mol. The summed E-state index contributed by atoms with van der Waals surface area (Å²) in [7, 11) is 0. The van der Waals surface area contributed by atoms with Crippen molar-refractivity contribution in [2.24, 2.45) is 0 Å². The summed E-state index contributed by atoms with van der Waals surface area (Å²) in [5.41, 5.74) is -2.21. The molecule has 2 aliphatic heterocycles. The number of amides is 1. The summed E-state index contributed by atoms with van der Waals surface area (Å²) >= 11 is 0. The van der Waals surface area contributed by atoms with Crippen molar-refractivity contribution < 1.29 is 18.0 Å². The molecule has 2 fully saturated rings. The number of carbonyl (C=O) groups is 1. The minimum atomic E-state index is -1.25. The predicted octanol–water partition coefficient (Wildman–Crippen LogP) is 2.81. The molecule has 1 amide bonds. The highest BCUT2D eigenvalue weighted by molar-refractivity contribution is 5.83. The Balaban J connectivity index is 1.61. The van der Waals surface area contributed by atoms with E-state index in [1.165, 1.54) is 19.1 Å². The van der Waals surface area contributed by atoms with E-state index in [4.69, 9.17) is 0 Å². The monoisotopic (exact) mass is 472 g/mol. The van der Waals surface area contributed by atoms with Gasteiger partial charge in [0.15, 0.2) is 0 Å². The van der Waals surface area contributed by atoms with E-state index in [-0.39, 0.29) is 22.5 Å². The Kier molecular flexibility index (Phi) is 5.35. The van der Waals surface area contributed by atoms with E-state index < -0.39 is 52.2 Å². The number of nitrogens with one attached hydrogen (secondary N) is 3. The molecule has 3 aromatic rings. The molecular formula is C24H23F3N4O3. The highest BCUT2D eigenvalue weighted by Crippen LogP contribution is 2.44. The Bertz CT molecular complexity index is 1410. The minimum absolute atomic E-state index is 0.0565. The first-order valence-electron chi connectivity index (χ1n) is 11.2. The summed E-state index contributed by atoms with van der Waals surface area (Å²) in [4.78, 5) is 42.7. The minimum Gasteiger partial charge on any atom is -0.348 e. The first-order valence-corrected chi connectivity index (χ1v) is 11.2. The zero-order chi connectivity index (χ0) is 24.2. The van der Waals surface area contributed by atoms with Gasteiger partial charge in [0.2, 0.25) is 5.91 Å². The Morgan fingerprint density at radius 3 is 2.41 bits per heavy atom. The second kappa shape index (κ2) is 8.12. The molecule has 34 heavy (non-hydrogen) atoms. The molecule has 0 unspecified atom stereocenters. The van der Waals surface area contributed by atoms with Crippen molar-refractivity contribution in [3.63, 3.8) is 0 Å². The van der Waals surface area contributed by atoms with Crippen LogP contribution in [-0.4, -0.2) is 27.0 Å². The lowest BCUT2D eigenvalue weighted by Gasteiger charge is -2.36. The summed E-state index contributed by atoms with van der Waals surface area (Å²) in [5, 5.41) is 6.03. The maximum Gasteiger partial charge on any atom is 0.329 e. The fraction of sp³-hybridized carbons (Fsp3) is 0.375. The van der Waals surface area contributed by atoms with Gasteiger partial charge in [-0.2, -0.15) is 0 Å². The number of aromatic nitrogens is 2.